The summed E-state index contributed by atoms with van der Waals surface area (Å²) in [6, 6.07) is 0. The summed E-state index contributed by atoms with van der Waals surface area (Å²) in [6.07, 6.45) is 0.672. The zero-order valence-corrected chi connectivity index (χ0v) is 8.16. The summed E-state index contributed by atoms with van der Waals surface area (Å²) in [4.78, 5) is 15.1. The summed E-state index contributed by atoms with van der Waals surface area (Å²) in [5.74, 6) is 0.644. The van der Waals surface area contributed by atoms with E-state index in [0.29, 0.717) is 12.2 Å². The molecule has 0 saturated carbocycles. The van der Waals surface area contributed by atoms with Gasteiger partial charge in [0.15, 0.2) is 0 Å². The Bertz CT molecular complexity index is 329. The van der Waals surface area contributed by atoms with Crippen molar-refractivity contribution in [1.82, 2.24) is 9.55 Å². The highest BCUT2D eigenvalue weighted by Gasteiger charge is 2.14. The minimum absolute atomic E-state index is 0.644. The van der Waals surface area contributed by atoms with Crippen molar-refractivity contribution in [3.05, 3.63) is 17.2 Å². The van der Waals surface area contributed by atoms with Gasteiger partial charge in [-0.05, 0) is 20.3 Å². The van der Waals surface area contributed by atoms with E-state index in [-0.39, 0.29) is 0 Å². The number of carbonyl (C=O) groups is 1. The number of rotatable bonds is 2. The number of imidazole rings is 1. The summed E-state index contributed by atoms with van der Waals surface area (Å²) < 4.78 is 1.26. The van der Waals surface area contributed by atoms with Crippen LogP contribution in [0.3, 0.4) is 0 Å². The number of aromatic nitrogens is 2. The van der Waals surface area contributed by atoms with Crippen LogP contribution in [0.2, 0.25) is 0 Å². The fraction of sp³-hybridized carbons (Fsp3) is 0.556. The van der Waals surface area contributed by atoms with Crippen molar-refractivity contribution in [2.75, 3.05) is 0 Å². The maximum absolute atomic E-state index is 10.9. The molecule has 4 heteroatoms. The normalized spacial score (nSPS) is 10.4. The first kappa shape index (κ1) is 9.77. The predicted molar refractivity (Wildman–Crippen MR) is 49.1 cm³/mol. The Kier molecular flexibility index (Phi) is 2.70. The van der Waals surface area contributed by atoms with Crippen LogP contribution >= 0.6 is 0 Å². The van der Waals surface area contributed by atoms with Crippen molar-refractivity contribution in [3.63, 3.8) is 0 Å². The van der Waals surface area contributed by atoms with Crippen LogP contribution in [0.1, 0.15) is 30.6 Å². The van der Waals surface area contributed by atoms with Crippen molar-refractivity contribution in [2.24, 2.45) is 0 Å². The van der Waals surface area contributed by atoms with Gasteiger partial charge in [-0.2, -0.15) is 0 Å². The first-order valence-electron chi connectivity index (χ1n) is 4.36. The van der Waals surface area contributed by atoms with E-state index >= 15 is 0 Å². The number of carboxylic acid groups (broad SMARTS) is 1. The maximum Gasteiger partial charge on any atom is 0.417 e. The lowest BCUT2D eigenvalue weighted by Gasteiger charge is -2.01. The SMILES string of the molecule is CCCc1nc(C)c(C)n1C(=O)O. The molecule has 0 saturated heterocycles. The van der Waals surface area contributed by atoms with Crippen LogP contribution in [0.25, 0.3) is 0 Å². The molecule has 72 valence electrons. The van der Waals surface area contributed by atoms with Gasteiger partial charge in [-0.25, -0.2) is 14.3 Å². The molecule has 0 amide bonds. The Hall–Kier alpha value is -1.32. The Morgan fingerprint density at radius 1 is 1.54 bits per heavy atom. The molecule has 0 fully saturated rings. The lowest BCUT2D eigenvalue weighted by molar-refractivity contribution is 0.195. The fourth-order valence-corrected chi connectivity index (χ4v) is 1.33. The summed E-state index contributed by atoms with van der Waals surface area (Å²) in [5.41, 5.74) is 1.52. The zero-order chi connectivity index (χ0) is 10.0. The zero-order valence-electron chi connectivity index (χ0n) is 8.16. The molecule has 0 radical (unpaired) electrons. The fourth-order valence-electron chi connectivity index (χ4n) is 1.33. The van der Waals surface area contributed by atoms with Gasteiger partial charge in [0.1, 0.15) is 5.82 Å². The van der Waals surface area contributed by atoms with Gasteiger partial charge in [-0.15, -0.1) is 0 Å². The maximum atomic E-state index is 10.9. The third kappa shape index (κ3) is 1.71. The average molecular weight is 182 g/mol. The highest BCUT2D eigenvalue weighted by molar-refractivity contribution is 5.70. The second-order valence-corrected chi connectivity index (χ2v) is 3.07. The molecule has 1 aromatic heterocycles. The molecule has 1 heterocycles. The molecule has 13 heavy (non-hydrogen) atoms. The van der Waals surface area contributed by atoms with Gasteiger partial charge in [0, 0.05) is 12.1 Å². The molecule has 0 aliphatic rings. The van der Waals surface area contributed by atoms with E-state index < -0.39 is 6.09 Å². The summed E-state index contributed by atoms with van der Waals surface area (Å²) in [7, 11) is 0. The molecule has 0 aromatic carbocycles. The van der Waals surface area contributed by atoms with Gasteiger partial charge < -0.3 is 5.11 Å². The van der Waals surface area contributed by atoms with Gasteiger partial charge in [0.25, 0.3) is 0 Å². The molecule has 4 nitrogen and oxygen atoms in total. The molecule has 0 aliphatic heterocycles. The van der Waals surface area contributed by atoms with Gasteiger partial charge in [0.05, 0.1) is 5.69 Å². The Balaban J connectivity index is 3.18. The summed E-state index contributed by atoms with van der Waals surface area (Å²) in [5, 5.41) is 8.91. The van der Waals surface area contributed by atoms with Crippen molar-refractivity contribution >= 4 is 6.09 Å². The number of aryl methyl sites for hydroxylation is 2. The molecular formula is C9H14N2O2. The highest BCUT2D eigenvalue weighted by Crippen LogP contribution is 2.11. The van der Waals surface area contributed by atoms with E-state index in [1.54, 1.807) is 6.92 Å². The Labute approximate surface area is 77.2 Å². The monoisotopic (exact) mass is 182 g/mol. The first-order valence-corrected chi connectivity index (χ1v) is 4.36. The van der Waals surface area contributed by atoms with Crippen LogP contribution in [0.15, 0.2) is 0 Å². The molecule has 0 unspecified atom stereocenters. The standard InChI is InChI=1S/C9H14N2O2/c1-4-5-8-10-6(2)7(3)11(8)9(12)13/h4-5H2,1-3H3,(H,12,13). The minimum Gasteiger partial charge on any atom is -0.464 e. The highest BCUT2D eigenvalue weighted by atomic mass is 16.4. The van der Waals surface area contributed by atoms with Crippen molar-refractivity contribution < 1.29 is 9.90 Å². The van der Waals surface area contributed by atoms with E-state index in [9.17, 15) is 4.79 Å². The van der Waals surface area contributed by atoms with Crippen molar-refractivity contribution in [2.45, 2.75) is 33.6 Å². The summed E-state index contributed by atoms with van der Waals surface area (Å²) in [6.45, 7) is 5.61. The van der Waals surface area contributed by atoms with E-state index in [0.717, 1.165) is 17.8 Å². The second kappa shape index (κ2) is 3.60. The van der Waals surface area contributed by atoms with Crippen LogP contribution in [0.5, 0.6) is 0 Å². The predicted octanol–water partition coefficient (Wildman–Crippen LogP) is 1.98. The van der Waals surface area contributed by atoms with Gasteiger partial charge in [-0.1, -0.05) is 6.92 Å². The van der Waals surface area contributed by atoms with Crippen LogP contribution < -0.4 is 0 Å². The molecule has 1 rings (SSSR count). The number of nitrogens with zero attached hydrogens (tertiary/aromatic N) is 2. The van der Waals surface area contributed by atoms with E-state index in [1.165, 1.54) is 4.57 Å². The van der Waals surface area contributed by atoms with E-state index in [2.05, 4.69) is 4.98 Å². The molecule has 0 bridgehead atoms. The first-order chi connectivity index (χ1) is 6.07. The van der Waals surface area contributed by atoms with Crippen LogP contribution in [-0.4, -0.2) is 20.8 Å². The topological polar surface area (TPSA) is 55.1 Å². The van der Waals surface area contributed by atoms with E-state index in [1.807, 2.05) is 13.8 Å². The van der Waals surface area contributed by atoms with Crippen LogP contribution in [0.4, 0.5) is 4.79 Å². The molecular weight excluding hydrogens is 168 g/mol. The van der Waals surface area contributed by atoms with Crippen LogP contribution in [-0.2, 0) is 6.42 Å². The molecule has 1 N–H and O–H groups in total. The van der Waals surface area contributed by atoms with Crippen molar-refractivity contribution in [3.8, 4) is 0 Å². The molecule has 0 aliphatic carbocycles. The molecule has 1 aromatic rings. The largest absolute Gasteiger partial charge is 0.464 e. The minimum atomic E-state index is -0.943. The van der Waals surface area contributed by atoms with Gasteiger partial charge >= 0.3 is 6.09 Å². The Morgan fingerprint density at radius 3 is 2.62 bits per heavy atom. The number of hydrogen-bond donors (Lipinski definition) is 1. The van der Waals surface area contributed by atoms with E-state index in [4.69, 9.17) is 5.11 Å². The third-order valence-electron chi connectivity index (χ3n) is 2.08. The average Bonchev–Trinajstić information content (AvgIpc) is 2.28. The number of hydrogen-bond acceptors (Lipinski definition) is 2. The lowest BCUT2D eigenvalue weighted by atomic mass is 10.3. The van der Waals surface area contributed by atoms with Gasteiger partial charge in [0.2, 0.25) is 0 Å². The molecule has 0 spiro atoms. The van der Waals surface area contributed by atoms with Crippen LogP contribution in [0, 0.1) is 13.8 Å². The Morgan fingerprint density at radius 2 is 2.15 bits per heavy atom. The summed E-state index contributed by atoms with van der Waals surface area (Å²) >= 11 is 0. The second-order valence-electron chi connectivity index (χ2n) is 3.07. The van der Waals surface area contributed by atoms with Crippen molar-refractivity contribution in [1.29, 1.82) is 0 Å². The quantitative estimate of drug-likeness (QED) is 0.760. The third-order valence-corrected chi connectivity index (χ3v) is 2.08. The molecule has 0 atom stereocenters. The smallest absolute Gasteiger partial charge is 0.417 e. The lowest BCUT2D eigenvalue weighted by Crippen LogP contribution is -2.13. The van der Waals surface area contributed by atoms with Gasteiger partial charge in [-0.3, -0.25) is 0 Å².